The highest BCUT2D eigenvalue weighted by molar-refractivity contribution is 7.98. The number of rotatable bonds is 2. The summed E-state index contributed by atoms with van der Waals surface area (Å²) in [4.78, 5) is 1.32. The quantitative estimate of drug-likeness (QED) is 0.723. The van der Waals surface area contributed by atoms with E-state index in [1.54, 1.807) is 11.8 Å². The number of allylic oxidation sites excluding steroid dienone is 1. The second-order valence-corrected chi connectivity index (χ2v) is 5.26. The molecule has 17 heavy (non-hydrogen) atoms. The summed E-state index contributed by atoms with van der Waals surface area (Å²) >= 11 is 1.79. The first-order valence-corrected chi connectivity index (χ1v) is 7.05. The minimum absolute atomic E-state index is 1.05. The maximum atomic E-state index is 2.32. The zero-order valence-corrected chi connectivity index (χ0v) is 10.7. The zero-order chi connectivity index (χ0) is 11.7. The van der Waals surface area contributed by atoms with Crippen molar-refractivity contribution < 1.29 is 0 Å². The third kappa shape index (κ3) is 2.18. The van der Waals surface area contributed by atoms with Gasteiger partial charge in [0, 0.05) is 29.8 Å². The molecule has 2 heteroatoms. The maximum Gasteiger partial charge on any atom is 0.0439 e. The molecule has 1 aliphatic heterocycles. The van der Waals surface area contributed by atoms with Gasteiger partial charge in [0.1, 0.15) is 0 Å². The van der Waals surface area contributed by atoms with Gasteiger partial charge in [-0.05, 0) is 41.7 Å². The number of benzene rings is 1. The number of fused-ring (bicyclic) bond motifs is 1. The van der Waals surface area contributed by atoms with Crippen molar-refractivity contribution in [1.82, 2.24) is 4.57 Å². The molecular weight excluding hydrogens is 226 g/mol. The molecule has 0 radical (unpaired) electrons. The highest BCUT2D eigenvalue weighted by atomic mass is 32.2. The topological polar surface area (TPSA) is 4.93 Å². The summed E-state index contributed by atoms with van der Waals surface area (Å²) in [6, 6.07) is 13.1. The molecule has 0 spiro atoms. The molecule has 0 saturated carbocycles. The monoisotopic (exact) mass is 241 g/mol. The standard InChI is InChI=1S/C15H15NS/c1-17-15-6-4-12(5-7-15)9-13-10-14-3-2-8-16(14)11-13/h2-9H,10-11H2,1H3/b13-9+. The molecule has 0 fully saturated rings. The second-order valence-electron chi connectivity index (χ2n) is 4.38. The van der Waals surface area contributed by atoms with Crippen LogP contribution in [0.4, 0.5) is 0 Å². The van der Waals surface area contributed by atoms with Crippen LogP contribution in [0, 0.1) is 0 Å². The summed E-state index contributed by atoms with van der Waals surface area (Å²) in [7, 11) is 0. The Morgan fingerprint density at radius 3 is 2.71 bits per heavy atom. The van der Waals surface area contributed by atoms with Crippen LogP contribution in [-0.2, 0) is 13.0 Å². The van der Waals surface area contributed by atoms with Crippen molar-refractivity contribution in [1.29, 1.82) is 0 Å². The van der Waals surface area contributed by atoms with E-state index in [9.17, 15) is 0 Å². The Balaban J connectivity index is 1.80. The third-order valence-electron chi connectivity index (χ3n) is 3.19. The van der Waals surface area contributed by atoms with Crippen molar-refractivity contribution in [3.8, 4) is 0 Å². The summed E-state index contributed by atoms with van der Waals surface area (Å²) < 4.78 is 2.32. The molecule has 3 rings (SSSR count). The molecular formula is C15H15NS. The van der Waals surface area contributed by atoms with Gasteiger partial charge in [-0.3, -0.25) is 0 Å². The lowest BCUT2D eigenvalue weighted by Crippen LogP contribution is -1.88. The van der Waals surface area contributed by atoms with Gasteiger partial charge in [0.15, 0.2) is 0 Å². The highest BCUT2D eigenvalue weighted by Crippen LogP contribution is 2.23. The van der Waals surface area contributed by atoms with E-state index in [0.717, 1.165) is 13.0 Å². The second kappa shape index (κ2) is 4.46. The first kappa shape index (κ1) is 10.7. The Hall–Kier alpha value is -1.41. The van der Waals surface area contributed by atoms with Crippen LogP contribution in [0.15, 0.2) is 53.1 Å². The first-order valence-electron chi connectivity index (χ1n) is 5.83. The van der Waals surface area contributed by atoms with E-state index < -0.39 is 0 Å². The van der Waals surface area contributed by atoms with E-state index >= 15 is 0 Å². The van der Waals surface area contributed by atoms with E-state index in [0.29, 0.717) is 0 Å². The number of nitrogens with zero attached hydrogens (tertiary/aromatic N) is 1. The Bertz CT molecular complexity index is 526. The molecule has 0 saturated heterocycles. The van der Waals surface area contributed by atoms with E-state index in [1.165, 1.54) is 21.7 Å². The van der Waals surface area contributed by atoms with Crippen molar-refractivity contribution in [2.45, 2.75) is 17.9 Å². The summed E-state index contributed by atoms with van der Waals surface area (Å²) in [5, 5.41) is 0. The van der Waals surface area contributed by atoms with Crippen LogP contribution in [0.3, 0.4) is 0 Å². The average Bonchev–Trinajstić information content (AvgIpc) is 2.90. The summed E-state index contributed by atoms with van der Waals surface area (Å²) in [6.45, 7) is 1.05. The Kier molecular flexibility index (Phi) is 2.81. The van der Waals surface area contributed by atoms with Crippen LogP contribution in [0.25, 0.3) is 6.08 Å². The van der Waals surface area contributed by atoms with Crippen molar-refractivity contribution in [3.63, 3.8) is 0 Å². The average molecular weight is 241 g/mol. The molecule has 0 N–H and O–H groups in total. The van der Waals surface area contributed by atoms with Gasteiger partial charge in [0.25, 0.3) is 0 Å². The molecule has 0 amide bonds. The van der Waals surface area contributed by atoms with Crippen molar-refractivity contribution >= 4 is 17.8 Å². The molecule has 0 unspecified atom stereocenters. The van der Waals surface area contributed by atoms with Gasteiger partial charge in [0.05, 0.1) is 0 Å². The summed E-state index contributed by atoms with van der Waals surface area (Å²) in [6.07, 6.45) is 7.68. The summed E-state index contributed by atoms with van der Waals surface area (Å²) in [5.74, 6) is 0. The van der Waals surface area contributed by atoms with Crippen molar-refractivity contribution in [2.24, 2.45) is 0 Å². The molecule has 1 aromatic carbocycles. The highest BCUT2D eigenvalue weighted by Gasteiger charge is 2.13. The van der Waals surface area contributed by atoms with Crippen LogP contribution in [0.1, 0.15) is 11.3 Å². The maximum absolute atomic E-state index is 2.32. The number of thioether (sulfide) groups is 1. The van der Waals surface area contributed by atoms with Gasteiger partial charge in [-0.15, -0.1) is 11.8 Å². The molecule has 0 bridgehead atoms. The molecule has 2 aromatic rings. The molecule has 0 atom stereocenters. The van der Waals surface area contributed by atoms with E-state index in [4.69, 9.17) is 0 Å². The zero-order valence-electron chi connectivity index (χ0n) is 9.89. The SMILES string of the molecule is CSc1ccc(/C=C2\Cc3cccn3C2)cc1. The van der Waals surface area contributed by atoms with Crippen LogP contribution in [0.2, 0.25) is 0 Å². The fourth-order valence-electron chi connectivity index (χ4n) is 2.30. The smallest absolute Gasteiger partial charge is 0.0439 e. The van der Waals surface area contributed by atoms with Gasteiger partial charge >= 0.3 is 0 Å². The predicted molar refractivity (Wildman–Crippen MR) is 74.3 cm³/mol. The Labute approximate surface area is 106 Å². The van der Waals surface area contributed by atoms with Crippen LogP contribution >= 0.6 is 11.8 Å². The number of hydrogen-bond donors (Lipinski definition) is 0. The first-order chi connectivity index (χ1) is 8.35. The number of hydrogen-bond acceptors (Lipinski definition) is 1. The minimum atomic E-state index is 1.05. The fourth-order valence-corrected chi connectivity index (χ4v) is 2.71. The van der Waals surface area contributed by atoms with E-state index in [1.807, 2.05) is 0 Å². The number of aromatic nitrogens is 1. The van der Waals surface area contributed by atoms with E-state index in [2.05, 4.69) is 59.5 Å². The fraction of sp³-hybridized carbons (Fsp3) is 0.200. The largest absolute Gasteiger partial charge is 0.347 e. The predicted octanol–water partition coefficient (Wildman–Crippen LogP) is 3.85. The van der Waals surface area contributed by atoms with E-state index in [-0.39, 0.29) is 0 Å². The van der Waals surface area contributed by atoms with Gasteiger partial charge in [0.2, 0.25) is 0 Å². The van der Waals surface area contributed by atoms with Crippen LogP contribution < -0.4 is 0 Å². The molecule has 86 valence electrons. The van der Waals surface area contributed by atoms with Crippen molar-refractivity contribution in [3.05, 3.63) is 59.4 Å². The van der Waals surface area contributed by atoms with Gasteiger partial charge < -0.3 is 4.57 Å². The molecule has 0 aliphatic carbocycles. The third-order valence-corrected chi connectivity index (χ3v) is 3.94. The van der Waals surface area contributed by atoms with Gasteiger partial charge in [-0.1, -0.05) is 18.2 Å². The summed E-state index contributed by atoms with van der Waals surface area (Å²) in [5.41, 5.74) is 4.23. The Morgan fingerprint density at radius 1 is 1.18 bits per heavy atom. The molecule has 1 aromatic heterocycles. The minimum Gasteiger partial charge on any atom is -0.347 e. The van der Waals surface area contributed by atoms with Crippen LogP contribution in [-0.4, -0.2) is 10.8 Å². The normalized spacial score (nSPS) is 16.4. The van der Waals surface area contributed by atoms with Crippen molar-refractivity contribution in [2.75, 3.05) is 6.26 Å². The molecule has 2 heterocycles. The lowest BCUT2D eigenvalue weighted by Gasteiger charge is -2.00. The van der Waals surface area contributed by atoms with Gasteiger partial charge in [-0.2, -0.15) is 0 Å². The Morgan fingerprint density at radius 2 is 2.00 bits per heavy atom. The lowest BCUT2D eigenvalue weighted by atomic mass is 10.1. The molecule has 1 aliphatic rings. The van der Waals surface area contributed by atoms with Crippen LogP contribution in [0.5, 0.6) is 0 Å². The lowest BCUT2D eigenvalue weighted by molar-refractivity contribution is 0.842. The molecule has 1 nitrogen and oxygen atoms in total. The van der Waals surface area contributed by atoms with Gasteiger partial charge in [-0.25, -0.2) is 0 Å².